The highest BCUT2D eigenvalue weighted by atomic mass is 16.4. The minimum absolute atomic E-state index is 0.928. The number of nitrogens with zero attached hydrogens (tertiary/aromatic N) is 2. The van der Waals surface area contributed by atoms with E-state index in [0.29, 0.717) is 0 Å². The molecule has 61 heavy (non-hydrogen) atoms. The molecule has 352 valence electrons. The van der Waals surface area contributed by atoms with Gasteiger partial charge in [0.25, 0.3) is 0 Å². The third-order valence-electron chi connectivity index (χ3n) is 11.8. The summed E-state index contributed by atoms with van der Waals surface area (Å²) in [5, 5.41) is 27.3. The van der Waals surface area contributed by atoms with Crippen LogP contribution in [-0.4, -0.2) is 73.4 Å². The van der Waals surface area contributed by atoms with Crippen molar-refractivity contribution in [2.24, 2.45) is 0 Å². The maximum atomic E-state index is 9.58. The monoisotopic (exact) mass is 853 g/mol. The Morgan fingerprint density at radius 3 is 0.902 bits per heavy atom. The molecule has 1 N–H and O–H groups in total. The van der Waals surface area contributed by atoms with Gasteiger partial charge in [0.1, 0.15) is 13.1 Å². The number of benzene rings is 2. The summed E-state index contributed by atoms with van der Waals surface area (Å²) in [6.07, 6.45) is 37.5. The molecule has 0 radical (unpaired) electrons. The minimum Gasteiger partial charge on any atom is -0.550 e. The first-order chi connectivity index (χ1) is 29.3. The quantitative estimate of drug-likeness (QED) is 0.0539. The third-order valence-corrected chi connectivity index (χ3v) is 11.8. The third kappa shape index (κ3) is 41.1. The number of quaternary nitrogens is 2. The Labute approximate surface area is 376 Å². The Morgan fingerprint density at radius 2 is 0.689 bits per heavy atom. The summed E-state index contributed by atoms with van der Waals surface area (Å²) in [7, 11) is 9.48. The van der Waals surface area contributed by atoms with Crippen molar-refractivity contribution in [3.63, 3.8) is 0 Å². The second-order valence-electron chi connectivity index (χ2n) is 19.2. The van der Waals surface area contributed by atoms with Crippen LogP contribution in [0.15, 0.2) is 60.7 Å². The van der Waals surface area contributed by atoms with E-state index < -0.39 is 24.5 Å². The number of hydrogen-bond donors (Lipinski definition) is 1. The SMILES string of the molecule is CCCCCCCCCCCCCCCC[N+](C)(C)Cc1ccccc1.CCCCCCCCCCCCCCCC[N+](C)(C)Cc1ccccc1.O=C([O-])CC(O)C(=O)[O-]. The van der Waals surface area contributed by atoms with Crippen molar-refractivity contribution in [1.29, 1.82) is 0 Å². The molecular weight excluding hydrogens is 757 g/mol. The van der Waals surface area contributed by atoms with E-state index in [0.717, 1.165) is 22.1 Å². The van der Waals surface area contributed by atoms with Gasteiger partial charge in [-0.15, -0.1) is 0 Å². The van der Waals surface area contributed by atoms with Crippen LogP contribution in [0, 0.1) is 0 Å². The topological polar surface area (TPSA) is 100 Å². The van der Waals surface area contributed by atoms with Crippen molar-refractivity contribution in [3.05, 3.63) is 71.8 Å². The number of carboxylic acid groups (broad SMARTS) is 2. The normalized spacial score (nSPS) is 11.9. The molecule has 0 amide bonds. The molecule has 0 aliphatic rings. The molecular formula is C54H96N2O5. The van der Waals surface area contributed by atoms with Gasteiger partial charge < -0.3 is 33.9 Å². The average Bonchev–Trinajstić information content (AvgIpc) is 3.21. The summed E-state index contributed by atoms with van der Waals surface area (Å²) in [6.45, 7) is 9.49. The van der Waals surface area contributed by atoms with E-state index in [9.17, 15) is 19.8 Å². The molecule has 2 aromatic carbocycles. The average molecular weight is 853 g/mol. The molecule has 0 aliphatic carbocycles. The van der Waals surface area contributed by atoms with Crippen LogP contribution in [0.4, 0.5) is 0 Å². The van der Waals surface area contributed by atoms with Gasteiger partial charge in [-0.2, -0.15) is 0 Å². The molecule has 0 bridgehead atoms. The maximum Gasteiger partial charge on any atom is 0.104 e. The first-order valence-corrected chi connectivity index (χ1v) is 25.1. The molecule has 7 nitrogen and oxygen atoms in total. The van der Waals surface area contributed by atoms with Crippen molar-refractivity contribution >= 4 is 11.9 Å². The van der Waals surface area contributed by atoms with E-state index >= 15 is 0 Å². The first-order valence-electron chi connectivity index (χ1n) is 25.1. The highest BCUT2D eigenvalue weighted by Gasteiger charge is 2.16. The predicted molar refractivity (Wildman–Crippen MR) is 256 cm³/mol. The van der Waals surface area contributed by atoms with Crippen LogP contribution in [0.25, 0.3) is 0 Å². The zero-order valence-electron chi connectivity index (χ0n) is 40.7. The fourth-order valence-electron chi connectivity index (χ4n) is 8.02. The van der Waals surface area contributed by atoms with Crippen LogP contribution >= 0.6 is 0 Å². The fourth-order valence-corrected chi connectivity index (χ4v) is 8.02. The zero-order valence-corrected chi connectivity index (χ0v) is 40.7. The Balaban J connectivity index is 0.000000984. The van der Waals surface area contributed by atoms with Gasteiger partial charge in [-0.1, -0.05) is 229 Å². The van der Waals surface area contributed by atoms with Crippen LogP contribution < -0.4 is 10.2 Å². The molecule has 0 fully saturated rings. The zero-order chi connectivity index (χ0) is 45.3. The lowest BCUT2D eigenvalue weighted by Gasteiger charge is -2.30. The smallest absolute Gasteiger partial charge is 0.104 e. The van der Waals surface area contributed by atoms with Gasteiger partial charge in [0, 0.05) is 23.5 Å². The second kappa shape index (κ2) is 40.1. The molecule has 1 atom stereocenters. The lowest BCUT2D eigenvalue weighted by atomic mass is 10.0. The van der Waals surface area contributed by atoms with E-state index in [1.165, 1.54) is 204 Å². The predicted octanol–water partition coefficient (Wildman–Crippen LogP) is 11.7. The number of carboxylic acids is 2. The van der Waals surface area contributed by atoms with Gasteiger partial charge in [0.05, 0.1) is 53.4 Å². The molecule has 0 saturated carbocycles. The highest BCUT2D eigenvalue weighted by molar-refractivity contribution is 5.77. The lowest BCUT2D eigenvalue weighted by Crippen LogP contribution is -2.39. The molecule has 0 aromatic heterocycles. The molecule has 2 rings (SSSR count). The Kier molecular flexibility index (Phi) is 38.3. The summed E-state index contributed by atoms with van der Waals surface area (Å²) in [4.78, 5) is 19.1. The first kappa shape index (κ1) is 58.3. The van der Waals surface area contributed by atoms with Crippen LogP contribution in [-0.2, 0) is 22.7 Å². The van der Waals surface area contributed by atoms with Crippen LogP contribution in [0.1, 0.15) is 211 Å². The minimum atomic E-state index is -1.96. The number of aliphatic hydroxyl groups excluding tert-OH is 1. The van der Waals surface area contributed by atoms with Crippen LogP contribution in [0.3, 0.4) is 0 Å². The molecule has 0 saturated heterocycles. The van der Waals surface area contributed by atoms with E-state index in [4.69, 9.17) is 5.11 Å². The van der Waals surface area contributed by atoms with E-state index in [1.54, 1.807) is 0 Å². The van der Waals surface area contributed by atoms with Crippen LogP contribution in [0.2, 0.25) is 0 Å². The molecule has 1 unspecified atom stereocenters. The molecule has 0 aliphatic heterocycles. The number of unbranched alkanes of at least 4 members (excludes halogenated alkanes) is 26. The van der Waals surface area contributed by atoms with Gasteiger partial charge in [-0.3, -0.25) is 0 Å². The van der Waals surface area contributed by atoms with Gasteiger partial charge in [-0.05, 0) is 25.7 Å². The largest absolute Gasteiger partial charge is 0.550 e. The van der Waals surface area contributed by atoms with Gasteiger partial charge >= 0.3 is 0 Å². The van der Waals surface area contributed by atoms with Crippen LogP contribution in [0.5, 0.6) is 0 Å². The van der Waals surface area contributed by atoms with Crippen molar-refractivity contribution in [1.82, 2.24) is 0 Å². The summed E-state index contributed by atoms with van der Waals surface area (Å²) in [5.41, 5.74) is 2.92. The molecule has 0 heterocycles. The van der Waals surface area contributed by atoms with Gasteiger partial charge in [-0.25, -0.2) is 0 Å². The Hall–Kier alpha value is -2.74. The van der Waals surface area contributed by atoms with Crippen molar-refractivity contribution < 1.29 is 33.9 Å². The number of carbonyl (C=O) groups excluding carboxylic acids is 2. The lowest BCUT2D eigenvalue weighted by molar-refractivity contribution is -0.903. The summed E-state index contributed by atoms with van der Waals surface area (Å²) < 4.78 is 2.23. The Morgan fingerprint density at radius 1 is 0.443 bits per heavy atom. The summed E-state index contributed by atoms with van der Waals surface area (Å²) >= 11 is 0. The summed E-state index contributed by atoms with van der Waals surface area (Å²) in [5.74, 6) is -3.43. The standard InChI is InChI=1S/2C25H46N.C4H6O5/c2*1-4-5-6-7-8-9-10-11-12-13-14-15-16-20-23-26(2,3)24-25-21-18-17-19-22-25;5-2(4(8)9)1-3(6)7/h2*17-19,21-22H,4-16,20,23-24H2,1-3H3;2,5H,1H2,(H,6,7)(H,8,9)/q2*+1;/p-2. The Bertz CT molecular complexity index is 1170. The number of hydrogen-bond acceptors (Lipinski definition) is 5. The van der Waals surface area contributed by atoms with E-state index in [-0.39, 0.29) is 0 Å². The summed E-state index contributed by atoms with van der Waals surface area (Å²) in [6, 6.07) is 21.9. The number of carbonyl (C=O) groups is 2. The van der Waals surface area contributed by atoms with E-state index in [1.807, 2.05) is 0 Å². The fraction of sp³-hybridized carbons (Fsp3) is 0.741. The van der Waals surface area contributed by atoms with Gasteiger partial charge in [0.2, 0.25) is 0 Å². The number of rotatable bonds is 37. The molecule has 7 heteroatoms. The van der Waals surface area contributed by atoms with Crippen molar-refractivity contribution in [3.8, 4) is 0 Å². The molecule has 2 aromatic rings. The van der Waals surface area contributed by atoms with Crippen molar-refractivity contribution in [2.45, 2.75) is 219 Å². The van der Waals surface area contributed by atoms with Crippen molar-refractivity contribution in [2.75, 3.05) is 41.3 Å². The highest BCUT2D eigenvalue weighted by Crippen LogP contribution is 2.17. The number of aliphatic hydroxyl groups is 1. The molecule has 0 spiro atoms. The van der Waals surface area contributed by atoms with Gasteiger partial charge in [0.15, 0.2) is 0 Å². The number of aliphatic carboxylic acids is 2. The second-order valence-corrected chi connectivity index (χ2v) is 19.2. The van der Waals surface area contributed by atoms with E-state index in [2.05, 4.69) is 103 Å². The maximum absolute atomic E-state index is 9.58.